The van der Waals surface area contributed by atoms with Crippen molar-refractivity contribution in [2.24, 2.45) is 0 Å². The molecule has 0 aliphatic heterocycles. The summed E-state index contributed by atoms with van der Waals surface area (Å²) in [6, 6.07) is 46.2. The lowest BCUT2D eigenvalue weighted by Crippen LogP contribution is -2.00. The first-order valence-corrected chi connectivity index (χ1v) is 13.7. The van der Waals surface area contributed by atoms with Crippen molar-refractivity contribution in [2.75, 3.05) is 5.73 Å². The summed E-state index contributed by atoms with van der Waals surface area (Å²) in [6.45, 7) is 0.400. The molecule has 0 saturated heterocycles. The molecule has 0 atom stereocenters. The summed E-state index contributed by atoms with van der Waals surface area (Å²) in [5.41, 5.74) is 15.5. The number of aromatic nitrogens is 1. The Bertz CT molecular complexity index is 2210. The average molecular weight is 531 g/mol. The van der Waals surface area contributed by atoms with Gasteiger partial charge in [0.25, 0.3) is 0 Å². The van der Waals surface area contributed by atoms with E-state index < -0.39 is 0 Å². The van der Waals surface area contributed by atoms with Crippen LogP contribution in [0.5, 0.6) is 5.75 Å². The van der Waals surface area contributed by atoms with Crippen LogP contribution in [-0.2, 0) is 6.61 Å². The number of ether oxygens (including phenoxy) is 1. The maximum absolute atomic E-state index is 6.37. The first-order valence-electron chi connectivity index (χ1n) is 13.7. The quantitative estimate of drug-likeness (QED) is 0.225. The molecule has 0 bridgehead atoms. The zero-order valence-corrected chi connectivity index (χ0v) is 22.2. The summed E-state index contributed by atoms with van der Waals surface area (Å²) in [4.78, 5) is 0. The Kier molecular flexibility index (Phi) is 5.32. The molecule has 0 saturated carbocycles. The molecule has 4 nitrogen and oxygen atoms in total. The van der Waals surface area contributed by atoms with Gasteiger partial charge in [-0.2, -0.15) is 0 Å². The van der Waals surface area contributed by atoms with Crippen molar-refractivity contribution in [1.29, 1.82) is 0 Å². The van der Waals surface area contributed by atoms with E-state index in [0.29, 0.717) is 18.0 Å². The lowest BCUT2D eigenvalue weighted by molar-refractivity contribution is 0.312. The lowest BCUT2D eigenvalue weighted by Gasteiger charge is -2.12. The van der Waals surface area contributed by atoms with Gasteiger partial charge >= 0.3 is 0 Å². The molecule has 2 heterocycles. The van der Waals surface area contributed by atoms with E-state index in [-0.39, 0.29) is 0 Å². The second kappa shape index (κ2) is 9.32. The SMILES string of the molecule is Nc1ccc2oc3ccccc3c2c1OCc1ccc(-n2c3ccccc3c3cc(-c4ccccc4)ccc32)cc1. The number of nitrogens with zero attached hydrogens (tertiary/aromatic N) is 1. The van der Waals surface area contributed by atoms with Gasteiger partial charge in [0.15, 0.2) is 5.75 Å². The number of rotatable bonds is 5. The van der Waals surface area contributed by atoms with Crippen LogP contribution in [0.15, 0.2) is 138 Å². The maximum atomic E-state index is 6.37. The van der Waals surface area contributed by atoms with Gasteiger partial charge in [-0.15, -0.1) is 0 Å². The highest BCUT2D eigenvalue weighted by atomic mass is 16.5. The molecule has 0 aliphatic carbocycles. The van der Waals surface area contributed by atoms with Gasteiger partial charge in [0.05, 0.1) is 22.1 Å². The number of benzene rings is 6. The minimum Gasteiger partial charge on any atom is -0.486 e. The second-order valence-electron chi connectivity index (χ2n) is 10.4. The van der Waals surface area contributed by atoms with Gasteiger partial charge in [-0.25, -0.2) is 0 Å². The highest BCUT2D eigenvalue weighted by molar-refractivity contribution is 6.11. The van der Waals surface area contributed by atoms with Gasteiger partial charge in [-0.1, -0.05) is 84.9 Å². The van der Waals surface area contributed by atoms with E-state index in [9.17, 15) is 0 Å². The van der Waals surface area contributed by atoms with Gasteiger partial charge in [-0.05, 0) is 65.2 Å². The number of nitrogens with two attached hydrogens (primary N) is 1. The van der Waals surface area contributed by atoms with Crippen molar-refractivity contribution in [3.05, 3.63) is 139 Å². The van der Waals surface area contributed by atoms with Crippen LogP contribution >= 0.6 is 0 Å². The number of para-hydroxylation sites is 2. The first-order chi connectivity index (χ1) is 20.2. The van der Waals surface area contributed by atoms with Gasteiger partial charge in [0.1, 0.15) is 17.8 Å². The Labute approximate surface area is 236 Å². The molecule has 0 amide bonds. The Balaban J connectivity index is 1.15. The zero-order chi connectivity index (χ0) is 27.3. The van der Waals surface area contributed by atoms with Crippen molar-refractivity contribution in [3.8, 4) is 22.6 Å². The minimum atomic E-state index is 0.400. The molecule has 4 heteroatoms. The van der Waals surface area contributed by atoms with E-state index in [4.69, 9.17) is 14.9 Å². The Morgan fingerprint density at radius 2 is 1.32 bits per heavy atom. The number of fused-ring (bicyclic) bond motifs is 6. The van der Waals surface area contributed by atoms with Crippen LogP contribution in [0.3, 0.4) is 0 Å². The fourth-order valence-electron chi connectivity index (χ4n) is 5.91. The number of anilines is 1. The van der Waals surface area contributed by atoms with Crippen molar-refractivity contribution in [2.45, 2.75) is 6.61 Å². The van der Waals surface area contributed by atoms with Crippen LogP contribution in [0, 0.1) is 0 Å². The van der Waals surface area contributed by atoms with Crippen LogP contribution < -0.4 is 10.5 Å². The Morgan fingerprint density at radius 3 is 2.17 bits per heavy atom. The van der Waals surface area contributed by atoms with E-state index >= 15 is 0 Å². The molecule has 8 rings (SSSR count). The summed E-state index contributed by atoms with van der Waals surface area (Å²) < 4.78 is 14.7. The number of furan rings is 1. The summed E-state index contributed by atoms with van der Waals surface area (Å²) in [5, 5.41) is 4.40. The van der Waals surface area contributed by atoms with Crippen LogP contribution in [0.25, 0.3) is 60.6 Å². The molecular formula is C37H26N2O2. The number of hydrogen-bond donors (Lipinski definition) is 1. The van der Waals surface area contributed by atoms with Crippen molar-refractivity contribution in [1.82, 2.24) is 4.57 Å². The summed E-state index contributed by atoms with van der Waals surface area (Å²) >= 11 is 0. The molecule has 8 aromatic rings. The molecule has 0 aliphatic rings. The number of nitrogen functional groups attached to an aromatic ring is 1. The largest absolute Gasteiger partial charge is 0.486 e. The molecule has 0 unspecified atom stereocenters. The van der Waals surface area contributed by atoms with Gasteiger partial charge in [0, 0.05) is 21.8 Å². The molecule has 0 radical (unpaired) electrons. The van der Waals surface area contributed by atoms with E-state index in [2.05, 4.69) is 102 Å². The standard InChI is InChI=1S/C37H26N2O2/c38-31-19-21-35-36(29-11-5-7-13-34(29)41-35)37(31)40-23-24-14-17-27(18-15-24)39-32-12-6-4-10-28(32)30-22-26(16-20-33(30)39)25-8-2-1-3-9-25/h1-22H,23,38H2. The zero-order valence-electron chi connectivity index (χ0n) is 22.2. The Morgan fingerprint density at radius 1 is 0.585 bits per heavy atom. The van der Waals surface area contributed by atoms with E-state index in [1.807, 2.05) is 36.4 Å². The van der Waals surface area contributed by atoms with Crippen molar-refractivity contribution >= 4 is 49.4 Å². The first kappa shape index (κ1) is 23.4. The van der Waals surface area contributed by atoms with Crippen LogP contribution in [0.4, 0.5) is 5.69 Å². The van der Waals surface area contributed by atoms with Crippen LogP contribution in [-0.4, -0.2) is 4.57 Å². The lowest BCUT2D eigenvalue weighted by atomic mass is 10.0. The molecule has 0 spiro atoms. The predicted octanol–water partition coefficient (Wildman–Crippen LogP) is 9.51. The summed E-state index contributed by atoms with van der Waals surface area (Å²) in [6.07, 6.45) is 0. The van der Waals surface area contributed by atoms with E-state index in [0.717, 1.165) is 33.2 Å². The Hall–Kier alpha value is -5.48. The van der Waals surface area contributed by atoms with Crippen molar-refractivity contribution in [3.63, 3.8) is 0 Å². The van der Waals surface area contributed by atoms with E-state index in [1.54, 1.807) is 0 Å². The molecular weight excluding hydrogens is 504 g/mol. The third-order valence-electron chi connectivity index (χ3n) is 7.88. The number of hydrogen-bond acceptors (Lipinski definition) is 3. The second-order valence-corrected chi connectivity index (χ2v) is 10.4. The molecule has 6 aromatic carbocycles. The van der Waals surface area contributed by atoms with Crippen LogP contribution in [0.2, 0.25) is 0 Å². The van der Waals surface area contributed by atoms with Gasteiger partial charge in [-0.3, -0.25) is 0 Å². The predicted molar refractivity (Wildman–Crippen MR) is 169 cm³/mol. The fourth-order valence-corrected chi connectivity index (χ4v) is 5.91. The molecule has 41 heavy (non-hydrogen) atoms. The fraction of sp³-hybridized carbons (Fsp3) is 0.0270. The van der Waals surface area contributed by atoms with Gasteiger partial charge in [0.2, 0.25) is 0 Å². The third kappa shape index (κ3) is 3.84. The molecule has 196 valence electrons. The van der Waals surface area contributed by atoms with Crippen LogP contribution in [0.1, 0.15) is 5.56 Å². The summed E-state index contributed by atoms with van der Waals surface area (Å²) in [7, 11) is 0. The molecule has 2 N–H and O–H groups in total. The summed E-state index contributed by atoms with van der Waals surface area (Å²) in [5.74, 6) is 0.660. The van der Waals surface area contributed by atoms with Gasteiger partial charge < -0.3 is 19.5 Å². The highest BCUT2D eigenvalue weighted by Crippen LogP contribution is 2.40. The van der Waals surface area contributed by atoms with E-state index in [1.165, 1.54) is 32.9 Å². The normalized spacial score (nSPS) is 11.6. The third-order valence-corrected chi connectivity index (χ3v) is 7.88. The topological polar surface area (TPSA) is 53.3 Å². The van der Waals surface area contributed by atoms with Crippen molar-refractivity contribution < 1.29 is 9.15 Å². The maximum Gasteiger partial charge on any atom is 0.154 e. The minimum absolute atomic E-state index is 0.400. The monoisotopic (exact) mass is 530 g/mol. The smallest absolute Gasteiger partial charge is 0.154 e. The average Bonchev–Trinajstić information content (AvgIpc) is 3.57. The highest BCUT2D eigenvalue weighted by Gasteiger charge is 2.16. The molecule has 0 fully saturated rings. The molecule has 2 aromatic heterocycles.